The van der Waals surface area contributed by atoms with Crippen LogP contribution in [-0.2, 0) is 22.6 Å². The van der Waals surface area contributed by atoms with Crippen LogP contribution in [-0.4, -0.2) is 26.4 Å². The fourth-order valence-corrected chi connectivity index (χ4v) is 4.52. The second-order valence-electron chi connectivity index (χ2n) is 8.74. The predicted molar refractivity (Wildman–Crippen MR) is 125 cm³/mol. The molecule has 0 radical (unpaired) electrons. The summed E-state index contributed by atoms with van der Waals surface area (Å²) in [5, 5.41) is 9.77. The number of hydrogen-bond acceptors (Lipinski definition) is 4. The Balaban J connectivity index is 1.75. The molecule has 172 valence electrons. The number of unbranched alkanes of at least 4 members (excludes halogenated alkanes) is 2. The number of benzene rings is 1. The summed E-state index contributed by atoms with van der Waals surface area (Å²) in [6.45, 7) is 2.14. The van der Waals surface area contributed by atoms with Crippen LogP contribution in [0.2, 0.25) is 5.02 Å². The number of Topliss-reactive ketones (excluding diaryl/α,β-unsaturated/α-hetero) is 1. The standard InChI is InChI=1S/C25H31ClN2O4/c1-2-3-4-5-23-27-22(18-10-12-20(26)13-11-18)15-24(30)28(23)16-21(29)14-17-6-8-19(9-7-17)25(31)32/h10-13,15,17,19H,2-9,14,16H2,1H3,(H,31,32). The van der Waals surface area contributed by atoms with E-state index in [4.69, 9.17) is 21.7 Å². The highest BCUT2D eigenvalue weighted by atomic mass is 35.5. The quantitative estimate of drug-likeness (QED) is 0.497. The molecule has 3 rings (SSSR count). The van der Waals surface area contributed by atoms with Gasteiger partial charge in [0.15, 0.2) is 5.78 Å². The van der Waals surface area contributed by atoms with Crippen molar-refractivity contribution in [2.45, 2.75) is 71.3 Å². The summed E-state index contributed by atoms with van der Waals surface area (Å²) in [6.07, 6.45) is 6.73. The van der Waals surface area contributed by atoms with Crippen molar-refractivity contribution < 1.29 is 14.7 Å². The molecule has 7 heteroatoms. The fraction of sp³-hybridized carbons (Fsp3) is 0.520. The van der Waals surface area contributed by atoms with E-state index in [-0.39, 0.29) is 29.7 Å². The lowest BCUT2D eigenvalue weighted by atomic mass is 9.80. The molecule has 1 aliphatic carbocycles. The van der Waals surface area contributed by atoms with Crippen LogP contribution in [0.1, 0.15) is 64.1 Å². The second-order valence-corrected chi connectivity index (χ2v) is 9.18. The molecule has 1 aliphatic rings. The molecule has 2 aromatic rings. The third-order valence-electron chi connectivity index (χ3n) is 6.28. The summed E-state index contributed by atoms with van der Waals surface area (Å²) in [4.78, 5) is 41.6. The average molecular weight is 459 g/mol. The molecule has 0 atom stereocenters. The highest BCUT2D eigenvalue weighted by molar-refractivity contribution is 6.30. The van der Waals surface area contributed by atoms with Crippen LogP contribution in [0.5, 0.6) is 0 Å². The van der Waals surface area contributed by atoms with Gasteiger partial charge in [0.1, 0.15) is 5.82 Å². The van der Waals surface area contributed by atoms with E-state index in [0.29, 0.717) is 42.2 Å². The zero-order valence-corrected chi connectivity index (χ0v) is 19.3. The molecule has 0 bridgehead atoms. The lowest BCUT2D eigenvalue weighted by Crippen LogP contribution is -2.30. The van der Waals surface area contributed by atoms with Crippen molar-refractivity contribution in [1.29, 1.82) is 0 Å². The maximum absolute atomic E-state index is 13.0. The van der Waals surface area contributed by atoms with Crippen molar-refractivity contribution in [1.82, 2.24) is 9.55 Å². The summed E-state index contributed by atoms with van der Waals surface area (Å²) in [6, 6.07) is 8.69. The van der Waals surface area contributed by atoms with E-state index in [9.17, 15) is 14.4 Å². The summed E-state index contributed by atoms with van der Waals surface area (Å²) < 4.78 is 1.51. The maximum Gasteiger partial charge on any atom is 0.306 e. The van der Waals surface area contributed by atoms with Crippen molar-refractivity contribution in [3.8, 4) is 11.3 Å². The lowest BCUT2D eigenvalue weighted by molar-refractivity contribution is -0.143. The minimum Gasteiger partial charge on any atom is -0.481 e. The first kappa shape index (κ1) is 24.2. The number of carboxylic acids is 1. The van der Waals surface area contributed by atoms with Gasteiger partial charge in [-0.25, -0.2) is 4.98 Å². The molecule has 0 aliphatic heterocycles. The molecular weight excluding hydrogens is 428 g/mol. The third kappa shape index (κ3) is 6.52. The molecule has 0 saturated heterocycles. The van der Waals surface area contributed by atoms with Gasteiger partial charge in [0.25, 0.3) is 5.56 Å². The highest BCUT2D eigenvalue weighted by Crippen LogP contribution is 2.31. The van der Waals surface area contributed by atoms with Crippen LogP contribution in [0.3, 0.4) is 0 Å². The van der Waals surface area contributed by atoms with Crippen molar-refractivity contribution in [2.75, 3.05) is 0 Å². The zero-order chi connectivity index (χ0) is 23.1. The summed E-state index contributed by atoms with van der Waals surface area (Å²) in [7, 11) is 0. The van der Waals surface area contributed by atoms with Gasteiger partial charge in [-0.15, -0.1) is 0 Å². The van der Waals surface area contributed by atoms with Crippen molar-refractivity contribution in [3.05, 3.63) is 51.5 Å². The first-order valence-electron chi connectivity index (χ1n) is 11.5. The number of aromatic nitrogens is 2. The summed E-state index contributed by atoms with van der Waals surface area (Å²) in [5.74, 6) is -0.204. The first-order chi connectivity index (χ1) is 15.4. The second kappa shape index (κ2) is 11.4. The topological polar surface area (TPSA) is 89.3 Å². The molecule has 6 nitrogen and oxygen atoms in total. The average Bonchev–Trinajstić information content (AvgIpc) is 2.77. The largest absolute Gasteiger partial charge is 0.481 e. The maximum atomic E-state index is 13.0. The van der Waals surface area contributed by atoms with Crippen LogP contribution in [0.25, 0.3) is 11.3 Å². The van der Waals surface area contributed by atoms with Gasteiger partial charge < -0.3 is 5.11 Å². The van der Waals surface area contributed by atoms with E-state index >= 15 is 0 Å². The fourth-order valence-electron chi connectivity index (χ4n) is 4.39. The number of hydrogen-bond donors (Lipinski definition) is 1. The minimum absolute atomic E-state index is 0.00339. The number of carbonyl (C=O) groups excluding carboxylic acids is 1. The molecule has 32 heavy (non-hydrogen) atoms. The molecule has 1 aromatic heterocycles. The van der Waals surface area contributed by atoms with E-state index in [1.54, 1.807) is 12.1 Å². The van der Waals surface area contributed by atoms with Gasteiger partial charge in [0, 0.05) is 29.5 Å². The van der Waals surface area contributed by atoms with Crippen molar-refractivity contribution in [2.24, 2.45) is 11.8 Å². The number of nitrogens with zero attached hydrogens (tertiary/aromatic N) is 2. The first-order valence-corrected chi connectivity index (χ1v) is 11.9. The number of halogens is 1. The van der Waals surface area contributed by atoms with E-state index in [2.05, 4.69) is 6.92 Å². The van der Waals surface area contributed by atoms with Crippen molar-refractivity contribution >= 4 is 23.4 Å². The molecule has 1 saturated carbocycles. The van der Waals surface area contributed by atoms with Gasteiger partial charge in [0.05, 0.1) is 18.2 Å². The number of aryl methyl sites for hydroxylation is 1. The van der Waals surface area contributed by atoms with E-state index in [1.807, 2.05) is 12.1 Å². The van der Waals surface area contributed by atoms with Crippen LogP contribution >= 0.6 is 11.6 Å². The van der Waals surface area contributed by atoms with Crippen molar-refractivity contribution in [3.63, 3.8) is 0 Å². The molecule has 1 fully saturated rings. The Morgan fingerprint density at radius 2 is 1.81 bits per heavy atom. The smallest absolute Gasteiger partial charge is 0.306 e. The van der Waals surface area contributed by atoms with Crippen LogP contribution in [0, 0.1) is 11.8 Å². The summed E-state index contributed by atoms with van der Waals surface area (Å²) >= 11 is 5.98. The van der Waals surface area contributed by atoms with Gasteiger partial charge in [-0.1, -0.05) is 43.5 Å². The molecule has 1 aromatic carbocycles. The molecular formula is C25H31ClN2O4. The van der Waals surface area contributed by atoms with Gasteiger partial charge in [-0.3, -0.25) is 19.0 Å². The third-order valence-corrected chi connectivity index (χ3v) is 6.53. The monoisotopic (exact) mass is 458 g/mol. The molecule has 1 N–H and O–H groups in total. The molecule has 0 amide bonds. The Bertz CT molecular complexity index is 992. The Labute approximate surface area is 193 Å². The number of carbonyl (C=O) groups is 2. The summed E-state index contributed by atoms with van der Waals surface area (Å²) in [5.41, 5.74) is 1.19. The van der Waals surface area contributed by atoms with E-state index in [0.717, 1.165) is 37.7 Å². The van der Waals surface area contributed by atoms with Gasteiger partial charge >= 0.3 is 5.97 Å². The Hall–Kier alpha value is -2.47. The normalized spacial score (nSPS) is 18.4. The number of rotatable bonds is 10. The van der Waals surface area contributed by atoms with Crippen LogP contribution in [0.15, 0.2) is 35.1 Å². The number of ketones is 1. The van der Waals surface area contributed by atoms with E-state index in [1.165, 1.54) is 10.6 Å². The Morgan fingerprint density at radius 1 is 1.12 bits per heavy atom. The van der Waals surface area contributed by atoms with Crippen LogP contribution < -0.4 is 5.56 Å². The molecule has 0 unspecified atom stereocenters. The zero-order valence-electron chi connectivity index (χ0n) is 18.6. The van der Waals surface area contributed by atoms with Gasteiger partial charge in [-0.05, 0) is 50.2 Å². The van der Waals surface area contributed by atoms with Gasteiger partial charge in [0.2, 0.25) is 0 Å². The predicted octanol–water partition coefficient (Wildman–Crippen LogP) is 5.15. The van der Waals surface area contributed by atoms with E-state index < -0.39 is 5.97 Å². The Morgan fingerprint density at radius 3 is 2.44 bits per heavy atom. The SMILES string of the molecule is CCCCCc1nc(-c2ccc(Cl)cc2)cc(=O)n1CC(=O)CC1CCC(C(=O)O)CC1. The molecule has 1 heterocycles. The van der Waals surface area contributed by atoms with Crippen LogP contribution in [0.4, 0.5) is 0 Å². The van der Waals surface area contributed by atoms with Gasteiger partial charge in [-0.2, -0.15) is 0 Å². The highest BCUT2D eigenvalue weighted by Gasteiger charge is 2.27. The number of carboxylic acid groups (broad SMARTS) is 1. The lowest BCUT2D eigenvalue weighted by Gasteiger charge is -2.25. The molecule has 0 spiro atoms. The Kier molecular flexibility index (Phi) is 8.62. The minimum atomic E-state index is -0.745. The number of aliphatic carboxylic acids is 1.